The molecule has 2 saturated carbocycles. The molecule has 2 aliphatic heterocycles. The maximum absolute atomic E-state index is 13.4. The van der Waals surface area contributed by atoms with Gasteiger partial charge in [0.05, 0.1) is 27.8 Å². The van der Waals surface area contributed by atoms with Gasteiger partial charge in [0.25, 0.3) is 0 Å². The lowest BCUT2D eigenvalue weighted by Gasteiger charge is -2.17. The van der Waals surface area contributed by atoms with E-state index in [0.29, 0.717) is 71.0 Å². The molecule has 6 aromatic carbocycles. The van der Waals surface area contributed by atoms with Gasteiger partial charge in [0, 0.05) is 31.7 Å². The van der Waals surface area contributed by atoms with Gasteiger partial charge in [-0.05, 0) is 108 Å². The number of carboxylic acid groups (broad SMARTS) is 1. The highest BCUT2D eigenvalue weighted by Crippen LogP contribution is 2.54. The van der Waals surface area contributed by atoms with E-state index in [4.69, 9.17) is 10.7 Å². The summed E-state index contributed by atoms with van der Waals surface area (Å²) in [5.74, 6) is -1.80. The van der Waals surface area contributed by atoms with E-state index in [-0.39, 0.29) is 44.7 Å². The topological polar surface area (TPSA) is 201 Å². The number of aromatic nitrogens is 2. The smallest absolute Gasteiger partial charge is 0.478 e. The number of carbonyl (C=O) groups excluding carboxylic acids is 3. The Labute approximate surface area is 409 Å². The van der Waals surface area contributed by atoms with Gasteiger partial charge in [-0.3, -0.25) is 14.4 Å². The number of nitrogens with zero attached hydrogens (tertiary/aromatic N) is 2. The van der Waals surface area contributed by atoms with E-state index in [1.165, 1.54) is 36.4 Å². The van der Waals surface area contributed by atoms with E-state index in [1.807, 2.05) is 48.5 Å². The van der Waals surface area contributed by atoms with Gasteiger partial charge >= 0.3 is 18.6 Å². The van der Waals surface area contributed by atoms with Crippen molar-refractivity contribution in [3.8, 4) is 45.5 Å². The molecule has 2 fully saturated rings. The Hall–Kier alpha value is -9.06. The summed E-state index contributed by atoms with van der Waals surface area (Å²) in [5.41, 5.74) is 7.96. The number of rotatable bonds is 10. The number of amides is 3. The third-order valence-corrected chi connectivity index (χ3v) is 13.1. The fourth-order valence-corrected chi connectivity index (χ4v) is 9.04. The van der Waals surface area contributed by atoms with Crippen LogP contribution in [-0.4, -0.2) is 51.4 Å². The second-order valence-electron chi connectivity index (χ2n) is 17.7. The Bertz CT molecular complexity index is 3350. The number of alkyl halides is 4. The van der Waals surface area contributed by atoms with Crippen molar-refractivity contribution in [3.05, 3.63) is 168 Å². The molecule has 2 aromatic heterocycles. The SMILES string of the molecule is NC(=O)c1ccc(-c2nc(NC(=O)C3(c4ccc5c(c4)OC(F)(F)O5)CC3)cc3ccccc23)cc1.O=C(O)c1ccc(-c2nc(NC(=O)C3(c4ccc5c(c4)OC(F)(F)O5)CC3)cc3ccccc23)cc1.[HH].[HH].[HH]. The molecule has 0 spiro atoms. The minimum Gasteiger partial charge on any atom is -0.478 e. The minimum atomic E-state index is -3.73. The Morgan fingerprint density at radius 1 is 0.514 bits per heavy atom. The van der Waals surface area contributed by atoms with Gasteiger partial charge in [-0.15, -0.1) is 17.6 Å². The molecule has 3 amide bonds. The van der Waals surface area contributed by atoms with Crippen molar-refractivity contribution in [3.63, 3.8) is 0 Å². The first-order valence-electron chi connectivity index (χ1n) is 22.5. The van der Waals surface area contributed by atoms with Crippen molar-refractivity contribution in [2.24, 2.45) is 5.73 Å². The van der Waals surface area contributed by atoms with Crippen molar-refractivity contribution in [1.82, 2.24) is 9.97 Å². The number of ether oxygens (including phenoxy) is 4. The molecule has 0 atom stereocenters. The van der Waals surface area contributed by atoms with E-state index in [2.05, 4.69) is 34.6 Å². The number of nitrogens with two attached hydrogens (primary N) is 1. The number of anilines is 2. The third kappa shape index (κ3) is 8.45. The standard InChI is InChI=1S/C27H19F2N3O4.C27H18F2N2O5.3H2/c28-27(29)35-20-10-9-18(14-21(20)36-27)26(11-12-26)25(34)32-22-13-17-3-1-2-4-19(17)23(31-22)15-5-7-16(8-6-15)24(30)33;28-27(29)35-20-10-9-18(14-21(20)36-27)26(11-12-26)25(34)31-22-13-17-3-1-2-4-19(17)23(30-22)15-5-7-16(8-6-15)24(32)33;;;/h1-10,13-14H,11-12H2,(H2,30,33)(H,31,32,34);1-10,13-14H,11-12H2,(H,32,33)(H,30,31,34);3*1H. The van der Waals surface area contributed by atoms with Crippen LogP contribution in [0.15, 0.2) is 146 Å². The van der Waals surface area contributed by atoms with Crippen LogP contribution in [0.3, 0.4) is 0 Å². The number of nitrogens with one attached hydrogen (secondary N) is 2. The highest BCUT2D eigenvalue weighted by atomic mass is 19.3. The van der Waals surface area contributed by atoms with Crippen LogP contribution in [0.25, 0.3) is 44.1 Å². The molecule has 4 aliphatic rings. The molecule has 0 bridgehead atoms. The zero-order chi connectivity index (χ0) is 50.2. The van der Waals surface area contributed by atoms with Gasteiger partial charge in [-0.2, -0.15) is 0 Å². The van der Waals surface area contributed by atoms with E-state index in [1.54, 1.807) is 60.7 Å². The first kappa shape index (κ1) is 45.4. The van der Waals surface area contributed by atoms with Crippen LogP contribution in [0, 0.1) is 0 Å². The molecule has 8 aromatic rings. The molecule has 2 aliphatic carbocycles. The van der Waals surface area contributed by atoms with Crippen LogP contribution < -0.4 is 35.3 Å². The summed E-state index contributed by atoms with van der Waals surface area (Å²) in [4.78, 5) is 58.9. The van der Waals surface area contributed by atoms with E-state index < -0.39 is 35.3 Å². The van der Waals surface area contributed by atoms with Gasteiger partial charge in [0.15, 0.2) is 23.0 Å². The monoisotopic (exact) mass is 981 g/mol. The number of pyridine rings is 2. The zero-order valence-electron chi connectivity index (χ0n) is 37.4. The summed E-state index contributed by atoms with van der Waals surface area (Å²) < 4.78 is 71.8. The van der Waals surface area contributed by atoms with E-state index in [9.17, 15) is 41.8 Å². The molecule has 12 rings (SSSR count). The molecule has 18 heteroatoms. The van der Waals surface area contributed by atoms with Crippen molar-refractivity contribution in [2.45, 2.75) is 49.1 Å². The Morgan fingerprint density at radius 2 is 0.903 bits per heavy atom. The molecule has 5 N–H and O–H groups in total. The number of primary amides is 1. The predicted molar refractivity (Wildman–Crippen MR) is 261 cm³/mol. The number of carboxylic acids is 1. The third-order valence-electron chi connectivity index (χ3n) is 13.1. The number of aromatic carboxylic acids is 1. The number of carbonyl (C=O) groups is 4. The van der Waals surface area contributed by atoms with Crippen molar-refractivity contribution >= 4 is 56.9 Å². The molecule has 0 saturated heterocycles. The van der Waals surface area contributed by atoms with Crippen molar-refractivity contribution < 1.29 is 65.1 Å². The fraction of sp³-hybridized carbons (Fsp3) is 0.148. The lowest BCUT2D eigenvalue weighted by Crippen LogP contribution is -2.28. The first-order chi connectivity index (χ1) is 34.5. The average molecular weight is 982 g/mol. The molecule has 72 heavy (non-hydrogen) atoms. The van der Waals surface area contributed by atoms with Crippen molar-refractivity contribution in [1.29, 1.82) is 0 Å². The summed E-state index contributed by atoms with van der Waals surface area (Å²) >= 11 is 0. The van der Waals surface area contributed by atoms with Gasteiger partial charge in [0.1, 0.15) is 11.6 Å². The quantitative estimate of drug-likeness (QED) is 0.0950. The molecule has 366 valence electrons. The largest absolute Gasteiger partial charge is 0.586 e. The minimum absolute atomic E-state index is 0. The summed E-state index contributed by atoms with van der Waals surface area (Å²) in [6.45, 7) is 0. The summed E-state index contributed by atoms with van der Waals surface area (Å²) in [6.07, 6.45) is -5.24. The predicted octanol–water partition coefficient (Wildman–Crippen LogP) is 11.3. The molecule has 0 unspecified atom stereocenters. The van der Waals surface area contributed by atoms with E-state index >= 15 is 0 Å². The second-order valence-corrected chi connectivity index (χ2v) is 17.7. The highest BCUT2D eigenvalue weighted by Gasteiger charge is 2.54. The molecule has 14 nitrogen and oxygen atoms in total. The Kier molecular flexibility index (Phi) is 10.6. The first-order valence-corrected chi connectivity index (χ1v) is 22.5. The summed E-state index contributed by atoms with van der Waals surface area (Å²) in [5, 5.41) is 18.4. The zero-order valence-corrected chi connectivity index (χ0v) is 37.4. The van der Waals surface area contributed by atoms with Crippen LogP contribution in [0.1, 0.15) is 61.8 Å². The average Bonchev–Trinajstić information content (AvgIpc) is 4.29. The van der Waals surface area contributed by atoms with Crippen LogP contribution in [-0.2, 0) is 20.4 Å². The van der Waals surface area contributed by atoms with Crippen molar-refractivity contribution in [2.75, 3.05) is 10.6 Å². The number of benzene rings is 6. The highest BCUT2D eigenvalue weighted by molar-refractivity contribution is 6.05. The van der Waals surface area contributed by atoms with Gasteiger partial charge < -0.3 is 40.4 Å². The maximum Gasteiger partial charge on any atom is 0.586 e. The van der Waals surface area contributed by atoms with Crippen LogP contribution in [0.2, 0.25) is 0 Å². The van der Waals surface area contributed by atoms with Crippen LogP contribution in [0.4, 0.5) is 29.2 Å². The normalized spacial score (nSPS) is 16.5. The fourth-order valence-electron chi connectivity index (χ4n) is 9.04. The van der Waals surface area contributed by atoms with E-state index in [0.717, 1.165) is 27.1 Å². The van der Waals surface area contributed by atoms with Crippen LogP contribution >= 0.6 is 0 Å². The lowest BCUT2D eigenvalue weighted by atomic mass is 9.94. The molecular weight excluding hydrogens is 939 g/mol. The second kappa shape index (κ2) is 16.8. The van der Waals surface area contributed by atoms with Gasteiger partial charge in [-0.25, -0.2) is 14.8 Å². The molecular formula is C54H43F4N5O9. The summed E-state index contributed by atoms with van der Waals surface area (Å²) in [6, 6.07) is 40.7. The lowest BCUT2D eigenvalue weighted by molar-refractivity contribution is -0.287. The number of hydrogen-bond donors (Lipinski definition) is 4. The Morgan fingerprint density at radius 3 is 1.29 bits per heavy atom. The number of halogens is 4. The van der Waals surface area contributed by atoms with Gasteiger partial charge in [-0.1, -0.05) is 84.9 Å². The van der Waals surface area contributed by atoms with Crippen LogP contribution in [0.5, 0.6) is 23.0 Å². The molecule has 4 heterocycles. The molecule has 0 radical (unpaired) electrons. The number of fused-ring (bicyclic) bond motifs is 4. The Balaban J connectivity index is 0.000000192. The van der Waals surface area contributed by atoms with Gasteiger partial charge in [0.2, 0.25) is 17.7 Å². The number of hydrogen-bond acceptors (Lipinski definition) is 10. The maximum atomic E-state index is 13.4. The summed E-state index contributed by atoms with van der Waals surface area (Å²) in [7, 11) is 0.